The van der Waals surface area contributed by atoms with Gasteiger partial charge >= 0.3 is 0 Å². The fraction of sp³-hybridized carbons (Fsp3) is 0.455. The summed E-state index contributed by atoms with van der Waals surface area (Å²) in [6.45, 7) is 0.252. The van der Waals surface area contributed by atoms with Crippen LogP contribution in [-0.4, -0.2) is 39.0 Å². The lowest BCUT2D eigenvalue weighted by Gasteiger charge is -2.10. The summed E-state index contributed by atoms with van der Waals surface area (Å²) in [5.41, 5.74) is 5.51. The number of ether oxygens (including phenoxy) is 1. The van der Waals surface area contributed by atoms with Crippen molar-refractivity contribution in [2.24, 2.45) is 5.73 Å². The van der Waals surface area contributed by atoms with Crippen LogP contribution in [0.1, 0.15) is 6.42 Å². The van der Waals surface area contributed by atoms with E-state index in [2.05, 4.69) is 0 Å². The van der Waals surface area contributed by atoms with Crippen molar-refractivity contribution in [2.75, 3.05) is 19.5 Å². The van der Waals surface area contributed by atoms with Gasteiger partial charge < -0.3 is 15.6 Å². The topological polar surface area (TPSA) is 89.6 Å². The fourth-order valence-electron chi connectivity index (χ4n) is 1.21. The van der Waals surface area contributed by atoms with E-state index in [1.165, 1.54) is 12.1 Å². The van der Waals surface area contributed by atoms with E-state index in [1.54, 1.807) is 12.1 Å². The van der Waals surface area contributed by atoms with E-state index in [4.69, 9.17) is 15.6 Å². The van der Waals surface area contributed by atoms with Gasteiger partial charge in [0.15, 0.2) is 9.84 Å². The second kappa shape index (κ2) is 6.00. The Labute approximate surface area is 101 Å². The van der Waals surface area contributed by atoms with Crippen molar-refractivity contribution in [3.8, 4) is 5.75 Å². The Kier molecular flexibility index (Phi) is 4.92. The minimum absolute atomic E-state index is 0.0905. The molecule has 1 atom stereocenters. The van der Waals surface area contributed by atoms with Gasteiger partial charge in [0.05, 0.1) is 18.1 Å². The van der Waals surface area contributed by atoms with Crippen LogP contribution in [0.25, 0.3) is 0 Å². The minimum atomic E-state index is -3.22. The van der Waals surface area contributed by atoms with E-state index >= 15 is 0 Å². The highest BCUT2D eigenvalue weighted by Gasteiger charge is 2.08. The van der Waals surface area contributed by atoms with E-state index in [9.17, 15) is 8.42 Å². The molecule has 1 aromatic carbocycles. The van der Waals surface area contributed by atoms with Gasteiger partial charge in [-0.2, -0.15) is 0 Å². The maximum Gasteiger partial charge on any atom is 0.175 e. The van der Waals surface area contributed by atoms with Crippen LogP contribution in [0.5, 0.6) is 5.75 Å². The number of nitrogens with two attached hydrogens (primary N) is 1. The normalized spacial score (nSPS) is 13.4. The predicted molar refractivity (Wildman–Crippen MR) is 64.7 cm³/mol. The summed E-state index contributed by atoms with van der Waals surface area (Å²) in [6.07, 6.45) is 1.66. The molecule has 0 saturated carbocycles. The first-order valence-electron chi connectivity index (χ1n) is 5.23. The summed E-state index contributed by atoms with van der Waals surface area (Å²) in [6, 6.07) is 5.98. The molecule has 0 aromatic heterocycles. The van der Waals surface area contributed by atoms with Gasteiger partial charge in [0, 0.05) is 12.3 Å². The zero-order valence-electron chi connectivity index (χ0n) is 9.67. The van der Waals surface area contributed by atoms with Crippen LogP contribution in [-0.2, 0) is 9.84 Å². The molecule has 1 unspecified atom stereocenters. The average Bonchev–Trinajstić information content (AvgIpc) is 2.28. The molecule has 0 fully saturated rings. The molecule has 17 heavy (non-hydrogen) atoms. The first kappa shape index (κ1) is 14.0. The van der Waals surface area contributed by atoms with Crippen molar-refractivity contribution >= 4 is 9.84 Å². The smallest absolute Gasteiger partial charge is 0.175 e. The molecule has 0 aliphatic carbocycles. The largest absolute Gasteiger partial charge is 0.493 e. The zero-order chi connectivity index (χ0) is 12.9. The predicted octanol–water partition coefficient (Wildman–Crippen LogP) is 0.179. The number of rotatable bonds is 6. The molecule has 0 spiro atoms. The van der Waals surface area contributed by atoms with Gasteiger partial charge in [-0.25, -0.2) is 8.42 Å². The molecular weight excluding hydrogens is 242 g/mol. The summed E-state index contributed by atoms with van der Waals surface area (Å²) >= 11 is 0. The highest BCUT2D eigenvalue weighted by atomic mass is 32.2. The molecule has 5 nitrogen and oxygen atoms in total. The standard InChI is InChI=1S/C11H17NO4S/c1-17(14,15)11-4-2-3-10(7-11)16-6-5-9(12)8-13/h2-4,7,9,13H,5-6,8,12H2,1H3. The van der Waals surface area contributed by atoms with Gasteiger partial charge in [-0.3, -0.25) is 0 Å². The maximum atomic E-state index is 11.3. The van der Waals surface area contributed by atoms with Crippen molar-refractivity contribution in [1.82, 2.24) is 0 Å². The third-order valence-electron chi connectivity index (χ3n) is 2.23. The van der Waals surface area contributed by atoms with Crippen molar-refractivity contribution in [3.63, 3.8) is 0 Å². The summed E-state index contributed by atoms with van der Waals surface area (Å²) < 4.78 is 28.0. The molecule has 0 radical (unpaired) electrons. The molecule has 0 aliphatic heterocycles. The lowest BCUT2D eigenvalue weighted by atomic mass is 10.2. The molecule has 0 bridgehead atoms. The lowest BCUT2D eigenvalue weighted by Crippen LogP contribution is -2.26. The number of sulfone groups is 1. The van der Waals surface area contributed by atoms with E-state index in [0.29, 0.717) is 18.8 Å². The van der Waals surface area contributed by atoms with E-state index in [-0.39, 0.29) is 17.5 Å². The molecule has 0 aliphatic rings. The molecule has 0 amide bonds. The monoisotopic (exact) mass is 259 g/mol. The molecule has 1 aromatic rings. The third-order valence-corrected chi connectivity index (χ3v) is 3.34. The van der Waals surface area contributed by atoms with Gasteiger partial charge in [-0.05, 0) is 24.6 Å². The van der Waals surface area contributed by atoms with Gasteiger partial charge in [-0.1, -0.05) is 6.07 Å². The van der Waals surface area contributed by atoms with Gasteiger partial charge in [-0.15, -0.1) is 0 Å². The molecule has 0 heterocycles. The Hall–Kier alpha value is -1.11. The van der Waals surface area contributed by atoms with E-state index in [0.717, 1.165) is 6.26 Å². The van der Waals surface area contributed by atoms with E-state index in [1.807, 2.05) is 0 Å². The second-order valence-electron chi connectivity index (χ2n) is 3.83. The number of aliphatic hydroxyl groups excluding tert-OH is 1. The first-order chi connectivity index (χ1) is 7.93. The Bertz CT molecular complexity index is 458. The molecule has 6 heteroatoms. The van der Waals surface area contributed by atoms with Crippen molar-refractivity contribution in [3.05, 3.63) is 24.3 Å². The van der Waals surface area contributed by atoms with Crippen LogP contribution in [0.3, 0.4) is 0 Å². The Balaban J connectivity index is 2.61. The number of aliphatic hydroxyl groups is 1. The second-order valence-corrected chi connectivity index (χ2v) is 5.84. The quantitative estimate of drug-likeness (QED) is 0.760. The van der Waals surface area contributed by atoms with Gasteiger partial charge in [0.25, 0.3) is 0 Å². The molecule has 1 rings (SSSR count). The van der Waals surface area contributed by atoms with Crippen LogP contribution >= 0.6 is 0 Å². The number of benzene rings is 1. The van der Waals surface area contributed by atoms with Crippen molar-refractivity contribution in [1.29, 1.82) is 0 Å². The first-order valence-corrected chi connectivity index (χ1v) is 7.12. The fourth-order valence-corrected chi connectivity index (χ4v) is 1.87. The Morgan fingerprint density at radius 3 is 2.76 bits per heavy atom. The third kappa shape index (κ3) is 4.72. The SMILES string of the molecule is CS(=O)(=O)c1cccc(OCCC(N)CO)c1. The van der Waals surface area contributed by atoms with Crippen LogP contribution in [0.4, 0.5) is 0 Å². The van der Waals surface area contributed by atoms with Crippen LogP contribution < -0.4 is 10.5 Å². The highest BCUT2D eigenvalue weighted by Crippen LogP contribution is 2.17. The lowest BCUT2D eigenvalue weighted by molar-refractivity contribution is 0.230. The van der Waals surface area contributed by atoms with Crippen molar-refractivity contribution in [2.45, 2.75) is 17.4 Å². The van der Waals surface area contributed by atoms with E-state index < -0.39 is 9.84 Å². The Morgan fingerprint density at radius 1 is 1.47 bits per heavy atom. The van der Waals surface area contributed by atoms with Crippen LogP contribution in [0.2, 0.25) is 0 Å². The zero-order valence-corrected chi connectivity index (χ0v) is 10.5. The molecule has 3 N–H and O–H groups in total. The van der Waals surface area contributed by atoms with Crippen molar-refractivity contribution < 1.29 is 18.3 Å². The average molecular weight is 259 g/mol. The molecule has 96 valence electrons. The van der Waals surface area contributed by atoms with Crippen LogP contribution in [0.15, 0.2) is 29.2 Å². The summed E-state index contributed by atoms with van der Waals surface area (Å²) in [5.74, 6) is 0.484. The van der Waals surface area contributed by atoms with Gasteiger partial charge in [0.2, 0.25) is 0 Å². The van der Waals surface area contributed by atoms with Gasteiger partial charge in [0.1, 0.15) is 5.75 Å². The summed E-state index contributed by atoms with van der Waals surface area (Å²) in [5, 5.41) is 8.72. The van der Waals surface area contributed by atoms with Crippen LogP contribution in [0, 0.1) is 0 Å². The number of hydrogen-bond donors (Lipinski definition) is 2. The minimum Gasteiger partial charge on any atom is -0.493 e. The Morgan fingerprint density at radius 2 is 2.18 bits per heavy atom. The maximum absolute atomic E-state index is 11.3. The number of hydrogen-bond acceptors (Lipinski definition) is 5. The molecule has 0 saturated heterocycles. The summed E-state index contributed by atoms with van der Waals surface area (Å²) in [7, 11) is -3.22. The highest BCUT2D eigenvalue weighted by molar-refractivity contribution is 7.90. The molecular formula is C11H17NO4S. The summed E-state index contributed by atoms with van der Waals surface area (Å²) in [4.78, 5) is 0.224.